The summed E-state index contributed by atoms with van der Waals surface area (Å²) in [4.78, 5) is 4.25. The van der Waals surface area contributed by atoms with Crippen molar-refractivity contribution in [1.29, 1.82) is 5.26 Å². The van der Waals surface area contributed by atoms with Crippen molar-refractivity contribution in [3.8, 4) is 6.07 Å². The Morgan fingerprint density at radius 2 is 2.03 bits per heavy atom. The molecule has 3 aliphatic rings. The van der Waals surface area contributed by atoms with E-state index in [4.69, 9.17) is 4.74 Å². The molecule has 5 rings (SSSR count). The van der Waals surface area contributed by atoms with E-state index >= 15 is 0 Å². The Balaban J connectivity index is 1.68. The summed E-state index contributed by atoms with van der Waals surface area (Å²) in [5.41, 5.74) is -2.25. The smallest absolute Gasteiger partial charge is 0.359 e. The van der Waals surface area contributed by atoms with Gasteiger partial charge in [-0.3, -0.25) is 0 Å². The van der Waals surface area contributed by atoms with Gasteiger partial charge in [0.1, 0.15) is 5.92 Å². The number of hydrogen-bond donors (Lipinski definition) is 0. The molecule has 1 fully saturated rings. The molecule has 3 heterocycles. The van der Waals surface area contributed by atoms with E-state index in [1.54, 1.807) is 10.9 Å². The highest BCUT2D eigenvalue weighted by Crippen LogP contribution is 2.51. The van der Waals surface area contributed by atoms with Crippen LogP contribution in [0.1, 0.15) is 75.6 Å². The molecule has 0 spiro atoms. The van der Waals surface area contributed by atoms with Gasteiger partial charge in [-0.15, -0.1) is 0 Å². The van der Waals surface area contributed by atoms with Gasteiger partial charge in [0.2, 0.25) is 5.90 Å². The summed E-state index contributed by atoms with van der Waals surface area (Å²) in [5, 5.41) is 15.5. The Hall–Kier alpha value is -2.91. The number of nitriles is 1. The largest absolute Gasteiger partial charge is 0.534 e. The van der Waals surface area contributed by atoms with Gasteiger partial charge in [-0.05, 0) is 73.6 Å². The van der Waals surface area contributed by atoms with Crippen LogP contribution in [0.4, 0.5) is 13.2 Å². The number of ether oxygens (including phenoxy) is 1. The minimum atomic E-state index is -6.01. The van der Waals surface area contributed by atoms with Crippen molar-refractivity contribution in [1.82, 2.24) is 9.78 Å². The zero-order valence-electron chi connectivity index (χ0n) is 21.4. The van der Waals surface area contributed by atoms with Crippen molar-refractivity contribution in [2.24, 2.45) is 16.3 Å². The van der Waals surface area contributed by atoms with Crippen LogP contribution in [0.2, 0.25) is 0 Å². The Morgan fingerprint density at radius 3 is 2.68 bits per heavy atom. The standard InChI is InChI=1S/C26H29F3N4O4S/c1-15-7-8-20-18(14-31-33(20)21-6-4-5-11-36-21)22(15)23-16-9-10-25(2,3)12-19(16)32-24(17(23)13-30)37-38(34,35)26(27,28)29/h7-8,14,17,21,23H,4-6,9-12H2,1-3H3. The molecule has 0 bridgehead atoms. The fourth-order valence-corrected chi connectivity index (χ4v) is 6.24. The van der Waals surface area contributed by atoms with E-state index in [0.717, 1.165) is 47.7 Å². The minimum absolute atomic E-state index is 0.204. The maximum atomic E-state index is 13.3. The highest BCUT2D eigenvalue weighted by atomic mass is 32.2. The van der Waals surface area contributed by atoms with E-state index in [1.165, 1.54) is 0 Å². The summed E-state index contributed by atoms with van der Waals surface area (Å²) in [7, 11) is -6.01. The number of aromatic nitrogens is 2. The van der Waals surface area contributed by atoms with Gasteiger partial charge < -0.3 is 8.92 Å². The van der Waals surface area contributed by atoms with Crippen LogP contribution in [0.25, 0.3) is 10.9 Å². The molecule has 1 saturated heterocycles. The van der Waals surface area contributed by atoms with Crippen LogP contribution in [-0.4, -0.2) is 36.2 Å². The lowest BCUT2D eigenvalue weighted by Gasteiger charge is -2.39. The summed E-state index contributed by atoms with van der Waals surface area (Å²) in [6.45, 7) is 6.53. The van der Waals surface area contributed by atoms with E-state index in [9.17, 15) is 26.9 Å². The first-order valence-electron chi connectivity index (χ1n) is 12.6. The van der Waals surface area contributed by atoms with E-state index in [0.29, 0.717) is 30.7 Å². The zero-order valence-corrected chi connectivity index (χ0v) is 22.2. The third kappa shape index (κ3) is 4.60. The van der Waals surface area contributed by atoms with Gasteiger partial charge in [-0.2, -0.15) is 31.9 Å². The van der Waals surface area contributed by atoms with Crippen molar-refractivity contribution in [2.45, 2.75) is 77.0 Å². The summed E-state index contributed by atoms with van der Waals surface area (Å²) in [6.07, 6.45) is 6.01. The molecule has 1 aromatic carbocycles. The number of aryl methyl sites for hydroxylation is 1. The third-order valence-electron chi connectivity index (χ3n) is 7.71. The lowest BCUT2D eigenvalue weighted by molar-refractivity contribution is -0.0506. The topological polar surface area (TPSA) is 107 Å². The highest BCUT2D eigenvalue weighted by Gasteiger charge is 2.52. The van der Waals surface area contributed by atoms with Crippen molar-refractivity contribution >= 4 is 26.9 Å². The summed E-state index contributed by atoms with van der Waals surface area (Å²) in [6, 6.07) is 5.83. The predicted molar refractivity (Wildman–Crippen MR) is 133 cm³/mol. The Kier molecular flexibility index (Phi) is 6.59. The van der Waals surface area contributed by atoms with Gasteiger partial charge in [0.25, 0.3) is 0 Å². The van der Waals surface area contributed by atoms with E-state index in [-0.39, 0.29) is 11.6 Å². The molecule has 0 amide bonds. The van der Waals surface area contributed by atoms with Crippen molar-refractivity contribution in [3.05, 3.63) is 40.7 Å². The van der Waals surface area contributed by atoms with E-state index < -0.39 is 33.4 Å². The first kappa shape index (κ1) is 26.7. The zero-order chi connectivity index (χ0) is 27.5. The third-order valence-corrected chi connectivity index (χ3v) is 8.66. The SMILES string of the molecule is Cc1ccc2c(cnn2C2CCCCO2)c1C1C2=C(CC(C)(C)CC2)N=C(OS(=O)(=O)C(F)(F)F)C1C#N. The average Bonchev–Trinajstić information content (AvgIpc) is 3.26. The number of halogens is 3. The van der Waals surface area contributed by atoms with Gasteiger partial charge >= 0.3 is 15.6 Å². The molecular weight excluding hydrogens is 521 g/mol. The van der Waals surface area contributed by atoms with Crippen LogP contribution in [-0.2, 0) is 19.0 Å². The normalized spacial score (nSPS) is 26.0. The number of nitrogens with zero attached hydrogens (tertiary/aromatic N) is 4. The van der Waals surface area contributed by atoms with Gasteiger partial charge in [-0.25, -0.2) is 9.67 Å². The average molecular weight is 551 g/mol. The fraction of sp³-hybridized carbons (Fsp3) is 0.577. The summed E-state index contributed by atoms with van der Waals surface area (Å²) in [5.74, 6) is -2.85. The second kappa shape index (κ2) is 9.38. The maximum Gasteiger partial charge on any atom is 0.534 e. The lowest BCUT2D eigenvalue weighted by Crippen LogP contribution is -2.36. The van der Waals surface area contributed by atoms with Crippen LogP contribution < -0.4 is 0 Å². The second-order valence-corrected chi connectivity index (χ2v) is 12.5. The first-order valence-corrected chi connectivity index (χ1v) is 14.0. The van der Waals surface area contributed by atoms with E-state index in [2.05, 4.69) is 14.3 Å². The molecule has 1 aliphatic carbocycles. The molecular formula is C26H29F3N4O4S. The predicted octanol–water partition coefficient (Wildman–Crippen LogP) is 6.01. The van der Waals surface area contributed by atoms with Gasteiger partial charge in [-0.1, -0.05) is 19.9 Å². The molecule has 1 aromatic heterocycles. The quantitative estimate of drug-likeness (QED) is 0.342. The Labute approximate surface area is 219 Å². The van der Waals surface area contributed by atoms with Gasteiger partial charge in [0.05, 0.1) is 17.8 Å². The summed E-state index contributed by atoms with van der Waals surface area (Å²) < 4.78 is 76.1. The second-order valence-electron chi connectivity index (χ2n) is 11.0. The van der Waals surface area contributed by atoms with E-state index in [1.807, 2.05) is 39.0 Å². The highest BCUT2D eigenvalue weighted by molar-refractivity contribution is 7.88. The van der Waals surface area contributed by atoms with Crippen LogP contribution in [0, 0.1) is 29.6 Å². The number of benzene rings is 1. The molecule has 8 nitrogen and oxygen atoms in total. The monoisotopic (exact) mass is 550 g/mol. The van der Waals surface area contributed by atoms with Crippen molar-refractivity contribution in [3.63, 3.8) is 0 Å². The first-order chi connectivity index (χ1) is 17.8. The molecule has 3 unspecified atom stereocenters. The molecule has 2 aliphatic heterocycles. The Bertz CT molecular complexity index is 1480. The Morgan fingerprint density at radius 1 is 1.26 bits per heavy atom. The molecule has 204 valence electrons. The van der Waals surface area contributed by atoms with Crippen LogP contribution in [0.5, 0.6) is 0 Å². The summed E-state index contributed by atoms with van der Waals surface area (Å²) >= 11 is 0. The number of alkyl halides is 3. The van der Waals surface area contributed by atoms with Crippen LogP contribution in [0.15, 0.2) is 34.6 Å². The number of allylic oxidation sites excluding steroid dienone is 2. The number of aliphatic imine (C=N–C) groups is 1. The maximum absolute atomic E-state index is 13.3. The van der Waals surface area contributed by atoms with Crippen LogP contribution >= 0.6 is 0 Å². The molecule has 3 atom stereocenters. The van der Waals surface area contributed by atoms with Crippen LogP contribution in [0.3, 0.4) is 0 Å². The molecule has 38 heavy (non-hydrogen) atoms. The fourth-order valence-electron chi connectivity index (χ4n) is 5.78. The lowest BCUT2D eigenvalue weighted by atomic mass is 9.67. The molecule has 12 heteroatoms. The molecule has 0 radical (unpaired) electrons. The number of rotatable bonds is 3. The number of hydrogen-bond acceptors (Lipinski definition) is 7. The van der Waals surface area contributed by atoms with Crippen molar-refractivity contribution in [2.75, 3.05) is 6.61 Å². The molecule has 0 saturated carbocycles. The molecule has 2 aromatic rings. The minimum Gasteiger partial charge on any atom is -0.359 e. The number of fused-ring (bicyclic) bond motifs is 1. The van der Waals surface area contributed by atoms with Gasteiger partial charge in [0, 0.05) is 23.6 Å². The molecule has 0 N–H and O–H groups in total. The van der Waals surface area contributed by atoms with Crippen molar-refractivity contribution < 1.29 is 30.5 Å². The van der Waals surface area contributed by atoms with Gasteiger partial charge in [0.15, 0.2) is 6.23 Å².